The van der Waals surface area contributed by atoms with Crippen LogP contribution in [0.4, 0.5) is 8.78 Å². The lowest BCUT2D eigenvalue weighted by molar-refractivity contribution is 0.0944. The van der Waals surface area contributed by atoms with Gasteiger partial charge in [0.1, 0.15) is 16.5 Å². The molecule has 0 saturated heterocycles. The number of carbonyl (C=O) groups is 1. The van der Waals surface area contributed by atoms with Crippen molar-refractivity contribution in [3.8, 4) is 0 Å². The number of nitrogens with one attached hydrogen (secondary N) is 1. The Bertz CT molecular complexity index is 661. The van der Waals surface area contributed by atoms with E-state index in [2.05, 4.69) is 5.32 Å². The van der Waals surface area contributed by atoms with E-state index in [0.29, 0.717) is 18.1 Å². The Morgan fingerprint density at radius 3 is 2.55 bits per heavy atom. The average molecular weight is 304 g/mol. The molecule has 3 N–H and O–H groups in total. The fraction of sp³-hybridized carbons (Fsp3) is 0.417. The molecule has 1 saturated carbocycles. The van der Waals surface area contributed by atoms with Crippen LogP contribution in [0.25, 0.3) is 0 Å². The number of hydrogen-bond acceptors (Lipinski definition) is 3. The minimum atomic E-state index is -4.36. The molecular weight excluding hydrogens is 290 g/mol. The molecule has 0 radical (unpaired) electrons. The summed E-state index contributed by atoms with van der Waals surface area (Å²) in [7, 11) is -4.36. The summed E-state index contributed by atoms with van der Waals surface area (Å²) in [5, 5.41) is 7.39. The Morgan fingerprint density at radius 2 is 2.05 bits per heavy atom. The SMILES string of the molecule is CCC1CC1NC(=O)c1cc(S(N)(=O)=O)c(F)cc1F. The van der Waals surface area contributed by atoms with Crippen LogP contribution in [0.15, 0.2) is 17.0 Å². The van der Waals surface area contributed by atoms with Crippen molar-refractivity contribution in [2.75, 3.05) is 0 Å². The zero-order valence-corrected chi connectivity index (χ0v) is 11.5. The molecule has 0 aromatic heterocycles. The molecule has 1 fully saturated rings. The Labute approximate surface area is 115 Å². The van der Waals surface area contributed by atoms with E-state index in [1.54, 1.807) is 0 Å². The molecule has 1 aromatic rings. The lowest BCUT2D eigenvalue weighted by Crippen LogP contribution is -2.28. The maximum Gasteiger partial charge on any atom is 0.254 e. The highest BCUT2D eigenvalue weighted by Crippen LogP contribution is 2.33. The molecule has 0 spiro atoms. The quantitative estimate of drug-likeness (QED) is 0.874. The number of sulfonamides is 1. The molecule has 5 nitrogen and oxygen atoms in total. The number of carbonyl (C=O) groups excluding carboxylic acids is 1. The molecule has 0 aliphatic heterocycles. The van der Waals surface area contributed by atoms with E-state index in [9.17, 15) is 22.0 Å². The van der Waals surface area contributed by atoms with Gasteiger partial charge in [-0.15, -0.1) is 0 Å². The molecule has 2 atom stereocenters. The van der Waals surface area contributed by atoms with Crippen molar-refractivity contribution in [2.45, 2.75) is 30.7 Å². The second kappa shape index (κ2) is 5.10. The van der Waals surface area contributed by atoms with Crippen LogP contribution in [-0.4, -0.2) is 20.4 Å². The van der Waals surface area contributed by atoms with Crippen LogP contribution >= 0.6 is 0 Å². The van der Waals surface area contributed by atoms with Crippen LogP contribution in [0, 0.1) is 17.6 Å². The summed E-state index contributed by atoms with van der Waals surface area (Å²) in [5.41, 5.74) is -0.530. The molecule has 1 amide bonds. The summed E-state index contributed by atoms with van der Waals surface area (Å²) in [6.07, 6.45) is 1.69. The van der Waals surface area contributed by atoms with E-state index in [4.69, 9.17) is 5.14 Å². The van der Waals surface area contributed by atoms with E-state index >= 15 is 0 Å². The number of halogens is 2. The van der Waals surface area contributed by atoms with Crippen molar-refractivity contribution < 1.29 is 22.0 Å². The van der Waals surface area contributed by atoms with Gasteiger partial charge in [-0.25, -0.2) is 22.3 Å². The lowest BCUT2D eigenvalue weighted by atomic mass is 10.2. The van der Waals surface area contributed by atoms with Crippen molar-refractivity contribution in [1.82, 2.24) is 5.32 Å². The Balaban J connectivity index is 2.30. The van der Waals surface area contributed by atoms with Gasteiger partial charge >= 0.3 is 0 Å². The van der Waals surface area contributed by atoms with Crippen molar-refractivity contribution in [1.29, 1.82) is 0 Å². The fourth-order valence-electron chi connectivity index (χ4n) is 2.04. The highest BCUT2D eigenvalue weighted by Gasteiger charge is 2.37. The standard InChI is InChI=1S/C12H14F2N2O3S/c1-2-6-3-10(6)16-12(17)7-4-11(20(15,18)19)9(14)5-8(7)13/h4-6,10H,2-3H2,1H3,(H,16,17)(H2,15,18,19). The zero-order valence-electron chi connectivity index (χ0n) is 10.7. The zero-order chi connectivity index (χ0) is 15.1. The van der Waals surface area contributed by atoms with Crippen LogP contribution in [-0.2, 0) is 10.0 Å². The summed E-state index contributed by atoms with van der Waals surface area (Å²) < 4.78 is 49.2. The van der Waals surface area contributed by atoms with E-state index < -0.39 is 38.0 Å². The van der Waals surface area contributed by atoms with Gasteiger partial charge in [0, 0.05) is 12.1 Å². The number of benzene rings is 1. The highest BCUT2D eigenvalue weighted by molar-refractivity contribution is 7.89. The highest BCUT2D eigenvalue weighted by atomic mass is 32.2. The first-order valence-electron chi connectivity index (χ1n) is 6.06. The molecule has 0 heterocycles. The third-order valence-corrected chi connectivity index (χ3v) is 4.26. The molecule has 1 aromatic carbocycles. The molecule has 1 aliphatic carbocycles. The topological polar surface area (TPSA) is 89.3 Å². The molecule has 8 heteroatoms. The predicted octanol–water partition coefficient (Wildman–Crippen LogP) is 1.14. The number of hydrogen-bond donors (Lipinski definition) is 2. The third kappa shape index (κ3) is 2.96. The molecular formula is C12H14F2N2O3S. The Hall–Kier alpha value is -1.54. The van der Waals surface area contributed by atoms with Crippen molar-refractivity contribution in [3.05, 3.63) is 29.3 Å². The lowest BCUT2D eigenvalue weighted by Gasteiger charge is -2.08. The molecule has 2 rings (SSSR count). The van der Waals surface area contributed by atoms with Crippen molar-refractivity contribution in [2.24, 2.45) is 11.1 Å². The first-order chi connectivity index (χ1) is 9.24. The van der Waals surface area contributed by atoms with E-state index in [1.165, 1.54) is 0 Å². The van der Waals surface area contributed by atoms with Gasteiger partial charge in [0.05, 0.1) is 5.56 Å². The maximum absolute atomic E-state index is 13.6. The number of amides is 1. The largest absolute Gasteiger partial charge is 0.349 e. The van der Waals surface area contributed by atoms with Crippen molar-refractivity contribution in [3.63, 3.8) is 0 Å². The molecule has 20 heavy (non-hydrogen) atoms. The second-order valence-corrected chi connectivity index (χ2v) is 6.32. The normalized spacial score (nSPS) is 21.6. The molecule has 2 unspecified atom stereocenters. The van der Waals surface area contributed by atoms with Crippen LogP contribution in [0.1, 0.15) is 30.1 Å². The van der Waals surface area contributed by atoms with Gasteiger partial charge in [-0.2, -0.15) is 0 Å². The first-order valence-corrected chi connectivity index (χ1v) is 7.61. The number of primary sulfonamides is 1. The number of rotatable bonds is 4. The molecule has 0 bridgehead atoms. The summed E-state index contributed by atoms with van der Waals surface area (Å²) in [5.74, 6) is -2.87. The maximum atomic E-state index is 13.6. The van der Waals surface area contributed by atoms with Gasteiger partial charge in [0.15, 0.2) is 0 Å². The van der Waals surface area contributed by atoms with Crippen molar-refractivity contribution >= 4 is 15.9 Å². The predicted molar refractivity (Wildman–Crippen MR) is 67.4 cm³/mol. The summed E-state index contributed by atoms with van der Waals surface area (Å²) in [6, 6.07) is 0.923. The molecule has 1 aliphatic rings. The van der Waals surface area contributed by atoms with Gasteiger partial charge < -0.3 is 5.32 Å². The summed E-state index contributed by atoms with van der Waals surface area (Å²) in [4.78, 5) is 11.0. The van der Waals surface area contributed by atoms with Gasteiger partial charge in [-0.1, -0.05) is 13.3 Å². The van der Waals surface area contributed by atoms with Gasteiger partial charge in [0.25, 0.3) is 5.91 Å². The summed E-state index contributed by atoms with van der Waals surface area (Å²) >= 11 is 0. The third-order valence-electron chi connectivity index (χ3n) is 3.34. The van der Waals surface area contributed by atoms with Crippen LogP contribution < -0.4 is 10.5 Å². The fourth-order valence-corrected chi connectivity index (χ4v) is 2.66. The number of nitrogens with two attached hydrogens (primary N) is 1. The van der Waals surface area contributed by atoms with E-state index in [0.717, 1.165) is 12.8 Å². The Morgan fingerprint density at radius 1 is 1.40 bits per heavy atom. The minimum Gasteiger partial charge on any atom is -0.349 e. The van der Waals surface area contributed by atoms with Gasteiger partial charge in [0.2, 0.25) is 10.0 Å². The first kappa shape index (κ1) is 14.9. The van der Waals surface area contributed by atoms with Crippen LogP contribution in [0.2, 0.25) is 0 Å². The smallest absolute Gasteiger partial charge is 0.254 e. The van der Waals surface area contributed by atoms with E-state index in [1.807, 2.05) is 6.92 Å². The average Bonchev–Trinajstić information content (AvgIpc) is 3.05. The molecule has 110 valence electrons. The Kier molecular flexibility index (Phi) is 3.79. The van der Waals surface area contributed by atoms with Gasteiger partial charge in [-0.05, 0) is 18.4 Å². The van der Waals surface area contributed by atoms with Gasteiger partial charge in [-0.3, -0.25) is 4.79 Å². The second-order valence-electron chi connectivity index (χ2n) is 4.79. The van der Waals surface area contributed by atoms with Crippen LogP contribution in [0.5, 0.6) is 0 Å². The monoisotopic (exact) mass is 304 g/mol. The summed E-state index contributed by atoms with van der Waals surface area (Å²) in [6.45, 7) is 1.97. The van der Waals surface area contributed by atoms with E-state index in [-0.39, 0.29) is 6.04 Å². The van der Waals surface area contributed by atoms with Crippen LogP contribution in [0.3, 0.4) is 0 Å². The minimum absolute atomic E-state index is 0.0464.